The first-order chi connectivity index (χ1) is 12.7. The Hall–Kier alpha value is -1.76. The van der Waals surface area contributed by atoms with E-state index in [-0.39, 0.29) is 0 Å². The summed E-state index contributed by atoms with van der Waals surface area (Å²) in [6, 6.07) is 15.5. The maximum Gasteiger partial charge on any atom is 0.191 e. The third-order valence-corrected chi connectivity index (χ3v) is 5.39. The van der Waals surface area contributed by atoms with Gasteiger partial charge in [-0.3, -0.25) is 4.57 Å². The molecule has 4 nitrogen and oxygen atoms in total. The van der Waals surface area contributed by atoms with Crippen molar-refractivity contribution in [3.8, 4) is 5.75 Å². The number of nitrogens with zero attached hydrogens (tertiary/aromatic N) is 3. The Morgan fingerprint density at radius 2 is 1.85 bits per heavy atom. The molecule has 3 rings (SSSR count). The highest BCUT2D eigenvalue weighted by atomic mass is 79.9. The monoisotopic (exact) mass is 449 g/mol. The summed E-state index contributed by atoms with van der Waals surface area (Å²) in [5.74, 6) is 2.32. The molecule has 0 N–H and O–H groups in total. The van der Waals surface area contributed by atoms with Gasteiger partial charge in [0.15, 0.2) is 11.0 Å². The number of rotatable bonds is 8. The van der Waals surface area contributed by atoms with Crippen LogP contribution >= 0.6 is 39.3 Å². The molecule has 0 atom stereocenters. The number of hydrogen-bond donors (Lipinski definition) is 0. The van der Waals surface area contributed by atoms with E-state index in [9.17, 15) is 0 Å². The Morgan fingerprint density at radius 3 is 2.54 bits per heavy atom. The second-order valence-corrected chi connectivity index (χ2v) is 7.75. The van der Waals surface area contributed by atoms with Crippen molar-refractivity contribution >= 4 is 39.3 Å². The number of halogens is 2. The molecule has 0 radical (unpaired) electrons. The molecular formula is C19H17BrClN3OS. The van der Waals surface area contributed by atoms with Gasteiger partial charge in [0, 0.05) is 21.8 Å². The Balaban J connectivity index is 1.67. The van der Waals surface area contributed by atoms with Crippen molar-refractivity contribution in [2.75, 3.05) is 0 Å². The van der Waals surface area contributed by atoms with E-state index >= 15 is 0 Å². The van der Waals surface area contributed by atoms with Crippen LogP contribution in [0.15, 0.2) is 70.8 Å². The van der Waals surface area contributed by atoms with Crippen molar-refractivity contribution in [2.45, 2.75) is 24.1 Å². The predicted molar refractivity (Wildman–Crippen MR) is 110 cm³/mol. The highest BCUT2D eigenvalue weighted by molar-refractivity contribution is 9.10. The molecule has 0 aliphatic carbocycles. The number of hydrogen-bond acceptors (Lipinski definition) is 4. The molecule has 0 bridgehead atoms. The highest BCUT2D eigenvalue weighted by Crippen LogP contribution is 2.24. The third-order valence-electron chi connectivity index (χ3n) is 3.57. The van der Waals surface area contributed by atoms with Gasteiger partial charge in [-0.15, -0.1) is 16.8 Å². The van der Waals surface area contributed by atoms with Gasteiger partial charge < -0.3 is 4.74 Å². The number of benzene rings is 2. The maximum absolute atomic E-state index is 5.89. The van der Waals surface area contributed by atoms with E-state index in [0.717, 1.165) is 27.0 Å². The highest BCUT2D eigenvalue weighted by Gasteiger charge is 2.12. The predicted octanol–water partition coefficient (Wildman–Crippen LogP) is 5.75. The van der Waals surface area contributed by atoms with Crippen LogP contribution in [-0.4, -0.2) is 14.8 Å². The Bertz CT molecular complexity index is 798. The molecule has 2 aromatic carbocycles. The molecule has 0 fully saturated rings. The second kappa shape index (κ2) is 9.26. The van der Waals surface area contributed by atoms with Crippen LogP contribution < -0.4 is 4.74 Å². The molecular weight excluding hydrogens is 434 g/mol. The zero-order valence-electron chi connectivity index (χ0n) is 13.9. The lowest BCUT2D eigenvalue weighted by Gasteiger charge is -2.09. The average molecular weight is 451 g/mol. The van der Waals surface area contributed by atoms with Crippen LogP contribution in [0.1, 0.15) is 11.4 Å². The fraction of sp³-hybridized carbons (Fsp3) is 0.158. The van der Waals surface area contributed by atoms with Gasteiger partial charge in [0.2, 0.25) is 0 Å². The van der Waals surface area contributed by atoms with Gasteiger partial charge >= 0.3 is 0 Å². The maximum atomic E-state index is 5.89. The zero-order chi connectivity index (χ0) is 18.4. The minimum atomic E-state index is 0.335. The third kappa shape index (κ3) is 5.13. The van der Waals surface area contributed by atoms with Gasteiger partial charge in [-0.05, 0) is 42.0 Å². The number of thioether (sulfide) groups is 1. The summed E-state index contributed by atoms with van der Waals surface area (Å²) in [7, 11) is 0. The molecule has 1 aromatic heterocycles. The van der Waals surface area contributed by atoms with E-state index in [1.54, 1.807) is 23.9 Å². The fourth-order valence-electron chi connectivity index (χ4n) is 2.25. The Kier molecular flexibility index (Phi) is 6.77. The van der Waals surface area contributed by atoms with Crippen molar-refractivity contribution in [2.24, 2.45) is 0 Å². The normalized spacial score (nSPS) is 10.7. The van der Waals surface area contributed by atoms with Crippen LogP contribution in [0.4, 0.5) is 0 Å². The molecule has 0 saturated heterocycles. The summed E-state index contributed by atoms with van der Waals surface area (Å²) < 4.78 is 8.88. The average Bonchev–Trinajstić information content (AvgIpc) is 3.03. The van der Waals surface area contributed by atoms with Crippen LogP contribution in [0.2, 0.25) is 5.02 Å². The lowest BCUT2D eigenvalue weighted by molar-refractivity contribution is 0.289. The quantitative estimate of drug-likeness (QED) is 0.323. The van der Waals surface area contributed by atoms with Crippen LogP contribution in [0, 0.1) is 0 Å². The first kappa shape index (κ1) is 19.0. The van der Waals surface area contributed by atoms with Crippen LogP contribution in [0.25, 0.3) is 0 Å². The van der Waals surface area contributed by atoms with Gasteiger partial charge in [0.1, 0.15) is 12.4 Å². The molecule has 7 heteroatoms. The van der Waals surface area contributed by atoms with E-state index in [2.05, 4.69) is 44.8 Å². The van der Waals surface area contributed by atoms with Gasteiger partial charge in [-0.25, -0.2) is 0 Å². The largest absolute Gasteiger partial charge is 0.486 e. The summed E-state index contributed by atoms with van der Waals surface area (Å²) in [5, 5.41) is 10.1. The number of aromatic nitrogens is 3. The molecule has 0 unspecified atom stereocenters. The minimum absolute atomic E-state index is 0.335. The van der Waals surface area contributed by atoms with Crippen molar-refractivity contribution < 1.29 is 4.74 Å². The van der Waals surface area contributed by atoms with Crippen LogP contribution in [0.5, 0.6) is 5.75 Å². The molecule has 0 spiro atoms. The van der Waals surface area contributed by atoms with E-state index in [0.29, 0.717) is 18.2 Å². The lowest BCUT2D eigenvalue weighted by Crippen LogP contribution is -2.07. The van der Waals surface area contributed by atoms with Gasteiger partial charge in [-0.1, -0.05) is 57.5 Å². The van der Waals surface area contributed by atoms with Gasteiger partial charge in [0.25, 0.3) is 0 Å². The number of allylic oxidation sites excluding steroid dienone is 1. The molecule has 134 valence electrons. The molecule has 0 saturated carbocycles. The van der Waals surface area contributed by atoms with E-state index in [1.807, 2.05) is 34.9 Å². The summed E-state index contributed by atoms with van der Waals surface area (Å²) >= 11 is 11.0. The van der Waals surface area contributed by atoms with E-state index in [1.165, 1.54) is 5.56 Å². The van der Waals surface area contributed by atoms with Crippen molar-refractivity contribution in [3.05, 3.63) is 82.1 Å². The fourth-order valence-corrected chi connectivity index (χ4v) is 3.57. The van der Waals surface area contributed by atoms with Crippen LogP contribution in [0.3, 0.4) is 0 Å². The smallest absolute Gasteiger partial charge is 0.191 e. The lowest BCUT2D eigenvalue weighted by atomic mass is 10.2. The van der Waals surface area contributed by atoms with Gasteiger partial charge in [-0.2, -0.15) is 0 Å². The molecule has 0 aliphatic heterocycles. The van der Waals surface area contributed by atoms with Crippen molar-refractivity contribution in [3.63, 3.8) is 0 Å². The summed E-state index contributed by atoms with van der Waals surface area (Å²) in [6.45, 7) is 4.80. The van der Waals surface area contributed by atoms with Crippen LogP contribution in [-0.2, 0) is 18.9 Å². The summed E-state index contributed by atoms with van der Waals surface area (Å²) in [5.41, 5.74) is 1.23. The van der Waals surface area contributed by atoms with E-state index in [4.69, 9.17) is 16.3 Å². The minimum Gasteiger partial charge on any atom is -0.486 e. The van der Waals surface area contributed by atoms with Crippen molar-refractivity contribution in [1.29, 1.82) is 0 Å². The van der Waals surface area contributed by atoms with E-state index < -0.39 is 0 Å². The molecule has 3 aromatic rings. The molecule has 26 heavy (non-hydrogen) atoms. The topological polar surface area (TPSA) is 39.9 Å². The van der Waals surface area contributed by atoms with Crippen molar-refractivity contribution in [1.82, 2.24) is 14.8 Å². The SMILES string of the molecule is C=CCn1c(COc2ccc(Cl)cc2)nnc1SCc1ccc(Br)cc1. The molecule has 0 aliphatic rings. The second-order valence-electron chi connectivity index (χ2n) is 5.46. The summed E-state index contributed by atoms with van der Waals surface area (Å²) in [6.07, 6.45) is 1.83. The number of ether oxygens (including phenoxy) is 1. The summed E-state index contributed by atoms with van der Waals surface area (Å²) in [4.78, 5) is 0. The first-order valence-corrected chi connectivity index (χ1v) is 10.1. The Morgan fingerprint density at radius 1 is 1.12 bits per heavy atom. The Labute approximate surface area is 170 Å². The first-order valence-electron chi connectivity index (χ1n) is 7.94. The molecule has 1 heterocycles. The zero-order valence-corrected chi connectivity index (χ0v) is 17.1. The molecule has 0 amide bonds. The standard InChI is InChI=1S/C19H17BrClN3OS/c1-2-11-24-18(12-25-17-9-7-16(21)8-10-17)22-23-19(24)26-13-14-3-5-15(20)6-4-14/h2-10H,1,11-13H2. The van der Waals surface area contributed by atoms with Gasteiger partial charge in [0.05, 0.1) is 0 Å².